The predicted octanol–water partition coefficient (Wildman–Crippen LogP) is 4.63. The lowest BCUT2D eigenvalue weighted by Gasteiger charge is -2.16. The highest BCUT2D eigenvalue weighted by atomic mass is 35.5. The molecule has 4 nitrogen and oxygen atoms in total. The van der Waals surface area contributed by atoms with Crippen LogP contribution in [0.15, 0.2) is 54.6 Å². The molecule has 5 heteroatoms. The van der Waals surface area contributed by atoms with Gasteiger partial charge in [0, 0.05) is 5.02 Å². The Balaban J connectivity index is 1.88. The third kappa shape index (κ3) is 3.44. The molecule has 0 spiro atoms. The van der Waals surface area contributed by atoms with Crippen molar-refractivity contribution in [1.29, 1.82) is 0 Å². The smallest absolute Gasteiger partial charge is 0.255 e. The number of halogens is 1. The van der Waals surface area contributed by atoms with Crippen molar-refractivity contribution in [3.05, 3.63) is 82.1 Å². The average molecular weight is 354 g/mol. The molecule has 0 aliphatic heterocycles. The number of nitrogens with one attached hydrogen (secondary N) is 1. The minimum atomic E-state index is -0.194. The topological polar surface area (TPSA) is 46.9 Å². The zero-order valence-electron chi connectivity index (χ0n) is 14.5. The summed E-state index contributed by atoms with van der Waals surface area (Å²) in [6.45, 7) is 5.68. The van der Waals surface area contributed by atoms with Crippen molar-refractivity contribution in [3.8, 4) is 5.69 Å². The van der Waals surface area contributed by atoms with Gasteiger partial charge < -0.3 is 5.32 Å². The molecule has 1 aromatic heterocycles. The van der Waals surface area contributed by atoms with E-state index < -0.39 is 0 Å². The molecule has 2 aromatic carbocycles. The summed E-state index contributed by atoms with van der Waals surface area (Å²) in [6, 6.07) is 17.1. The van der Waals surface area contributed by atoms with Gasteiger partial charge in [-0.2, -0.15) is 5.10 Å². The summed E-state index contributed by atoms with van der Waals surface area (Å²) in [7, 11) is 0. The molecule has 0 fully saturated rings. The summed E-state index contributed by atoms with van der Waals surface area (Å²) in [5.41, 5.74) is 3.94. The summed E-state index contributed by atoms with van der Waals surface area (Å²) in [6.07, 6.45) is 0. The number of carbonyl (C=O) groups excluding carboxylic acids is 1. The van der Waals surface area contributed by atoms with Gasteiger partial charge in [-0.25, -0.2) is 4.68 Å². The molecule has 1 atom stereocenters. The van der Waals surface area contributed by atoms with Crippen LogP contribution < -0.4 is 5.32 Å². The van der Waals surface area contributed by atoms with E-state index in [1.807, 2.05) is 75.4 Å². The van der Waals surface area contributed by atoms with Gasteiger partial charge in [-0.15, -0.1) is 0 Å². The Morgan fingerprint density at radius 1 is 1.08 bits per heavy atom. The number of carbonyl (C=O) groups is 1. The van der Waals surface area contributed by atoms with Gasteiger partial charge in [0.05, 0.1) is 28.7 Å². The SMILES string of the molecule is Cc1nn(-c2ccccc2)c(C)c1C(=O)NC(C)c1ccccc1Cl. The molecule has 0 saturated heterocycles. The monoisotopic (exact) mass is 353 g/mol. The van der Waals surface area contributed by atoms with E-state index in [0.717, 1.165) is 16.9 Å². The lowest BCUT2D eigenvalue weighted by atomic mass is 10.1. The van der Waals surface area contributed by atoms with Gasteiger partial charge in [0.15, 0.2) is 0 Å². The lowest BCUT2D eigenvalue weighted by Crippen LogP contribution is -2.27. The van der Waals surface area contributed by atoms with E-state index in [9.17, 15) is 4.79 Å². The van der Waals surface area contributed by atoms with E-state index in [1.54, 1.807) is 4.68 Å². The molecule has 0 aliphatic rings. The first kappa shape index (κ1) is 17.2. The molecular weight excluding hydrogens is 334 g/mol. The Morgan fingerprint density at radius 2 is 1.72 bits per heavy atom. The fourth-order valence-corrected chi connectivity index (χ4v) is 3.26. The van der Waals surface area contributed by atoms with Gasteiger partial charge in [-0.3, -0.25) is 4.79 Å². The number of nitrogens with zero attached hydrogens (tertiary/aromatic N) is 2. The molecule has 1 heterocycles. The molecule has 1 amide bonds. The van der Waals surface area contributed by atoms with Crippen LogP contribution in [0.5, 0.6) is 0 Å². The maximum Gasteiger partial charge on any atom is 0.255 e. The molecule has 0 bridgehead atoms. The van der Waals surface area contributed by atoms with Crippen LogP contribution in [-0.2, 0) is 0 Å². The van der Waals surface area contributed by atoms with Crippen molar-refractivity contribution in [2.45, 2.75) is 26.8 Å². The molecule has 1 unspecified atom stereocenters. The first-order chi connectivity index (χ1) is 12.0. The first-order valence-electron chi connectivity index (χ1n) is 8.16. The molecule has 0 radical (unpaired) electrons. The van der Waals surface area contributed by atoms with Gasteiger partial charge in [0.2, 0.25) is 0 Å². The molecule has 128 valence electrons. The lowest BCUT2D eigenvalue weighted by molar-refractivity contribution is 0.0938. The summed E-state index contributed by atoms with van der Waals surface area (Å²) in [5.74, 6) is -0.149. The zero-order valence-corrected chi connectivity index (χ0v) is 15.2. The summed E-state index contributed by atoms with van der Waals surface area (Å²) < 4.78 is 1.80. The van der Waals surface area contributed by atoms with E-state index in [0.29, 0.717) is 16.3 Å². The van der Waals surface area contributed by atoms with Gasteiger partial charge in [-0.1, -0.05) is 48.0 Å². The van der Waals surface area contributed by atoms with Gasteiger partial charge in [-0.05, 0) is 44.5 Å². The van der Waals surface area contributed by atoms with Crippen molar-refractivity contribution >= 4 is 17.5 Å². The third-order valence-corrected chi connectivity index (χ3v) is 4.58. The molecule has 3 aromatic rings. The molecule has 3 rings (SSSR count). The summed E-state index contributed by atoms with van der Waals surface area (Å²) in [4.78, 5) is 12.8. The largest absolute Gasteiger partial charge is 0.345 e. The molecule has 1 N–H and O–H groups in total. The second-order valence-corrected chi connectivity index (χ2v) is 6.42. The van der Waals surface area contributed by atoms with Crippen molar-refractivity contribution < 1.29 is 4.79 Å². The number of aromatic nitrogens is 2. The number of hydrogen-bond acceptors (Lipinski definition) is 2. The zero-order chi connectivity index (χ0) is 18.0. The maximum absolute atomic E-state index is 12.8. The second kappa shape index (κ2) is 7.11. The number of para-hydroxylation sites is 1. The van der Waals surface area contributed by atoms with Crippen molar-refractivity contribution in [2.75, 3.05) is 0 Å². The summed E-state index contributed by atoms with van der Waals surface area (Å²) >= 11 is 6.23. The third-order valence-electron chi connectivity index (χ3n) is 4.24. The number of hydrogen-bond donors (Lipinski definition) is 1. The van der Waals surface area contributed by atoms with E-state index in [-0.39, 0.29) is 11.9 Å². The summed E-state index contributed by atoms with van der Waals surface area (Å²) in [5, 5.41) is 8.19. The number of rotatable bonds is 4. The van der Waals surface area contributed by atoms with Crippen molar-refractivity contribution in [3.63, 3.8) is 0 Å². The number of aryl methyl sites for hydroxylation is 1. The van der Waals surface area contributed by atoms with Crippen molar-refractivity contribution in [2.24, 2.45) is 0 Å². The number of benzene rings is 2. The minimum Gasteiger partial charge on any atom is -0.345 e. The Morgan fingerprint density at radius 3 is 2.40 bits per heavy atom. The fourth-order valence-electron chi connectivity index (χ4n) is 2.96. The highest BCUT2D eigenvalue weighted by Gasteiger charge is 2.21. The van der Waals surface area contributed by atoms with Crippen LogP contribution in [0.2, 0.25) is 5.02 Å². The fraction of sp³-hybridized carbons (Fsp3) is 0.200. The van der Waals surface area contributed by atoms with Crippen LogP contribution >= 0.6 is 11.6 Å². The van der Waals surface area contributed by atoms with E-state index in [1.165, 1.54) is 0 Å². The van der Waals surface area contributed by atoms with E-state index in [2.05, 4.69) is 10.4 Å². The van der Waals surface area contributed by atoms with Gasteiger partial charge in [0.25, 0.3) is 5.91 Å². The van der Waals surface area contributed by atoms with Crippen LogP contribution in [-0.4, -0.2) is 15.7 Å². The van der Waals surface area contributed by atoms with Crippen LogP contribution in [0, 0.1) is 13.8 Å². The van der Waals surface area contributed by atoms with Crippen LogP contribution in [0.25, 0.3) is 5.69 Å². The number of amides is 1. The van der Waals surface area contributed by atoms with E-state index in [4.69, 9.17) is 11.6 Å². The minimum absolute atomic E-state index is 0.149. The molecule has 0 saturated carbocycles. The first-order valence-corrected chi connectivity index (χ1v) is 8.53. The molecule has 25 heavy (non-hydrogen) atoms. The van der Waals surface area contributed by atoms with Gasteiger partial charge >= 0.3 is 0 Å². The van der Waals surface area contributed by atoms with Crippen LogP contribution in [0.4, 0.5) is 0 Å². The second-order valence-electron chi connectivity index (χ2n) is 6.01. The normalized spacial score (nSPS) is 12.0. The highest BCUT2D eigenvalue weighted by Crippen LogP contribution is 2.24. The molecular formula is C20H20ClN3O. The Kier molecular flexibility index (Phi) is 4.91. The standard InChI is InChI=1S/C20H20ClN3O/c1-13(17-11-7-8-12-18(17)21)22-20(25)19-14(2)23-24(15(19)3)16-9-5-4-6-10-16/h4-13H,1-3H3,(H,22,25). The Labute approximate surface area is 152 Å². The Bertz CT molecular complexity index is 903. The highest BCUT2D eigenvalue weighted by molar-refractivity contribution is 6.31. The van der Waals surface area contributed by atoms with Crippen LogP contribution in [0.3, 0.4) is 0 Å². The molecule has 0 aliphatic carbocycles. The predicted molar refractivity (Wildman–Crippen MR) is 100 cm³/mol. The maximum atomic E-state index is 12.8. The van der Waals surface area contributed by atoms with Gasteiger partial charge in [0.1, 0.15) is 0 Å². The Hall–Kier alpha value is -2.59. The van der Waals surface area contributed by atoms with E-state index >= 15 is 0 Å². The van der Waals surface area contributed by atoms with Crippen molar-refractivity contribution in [1.82, 2.24) is 15.1 Å². The van der Waals surface area contributed by atoms with Crippen LogP contribution in [0.1, 0.15) is 40.3 Å². The quantitative estimate of drug-likeness (QED) is 0.743. The average Bonchev–Trinajstić information content (AvgIpc) is 2.90.